The van der Waals surface area contributed by atoms with Crippen LogP contribution in [0.1, 0.15) is 12.0 Å². The molecule has 1 aromatic carbocycles. The Bertz CT molecular complexity index is 546. The van der Waals surface area contributed by atoms with Gasteiger partial charge in [0.15, 0.2) is 0 Å². The SMILES string of the molecule is O=C(Cc1c(Cl)cccc1Cl)N1CCC(F)(C(=O)O)C1. The smallest absolute Gasteiger partial charge is 0.343 e. The zero-order valence-corrected chi connectivity index (χ0v) is 11.9. The van der Waals surface area contributed by atoms with Crippen LogP contribution < -0.4 is 0 Å². The highest BCUT2D eigenvalue weighted by Crippen LogP contribution is 2.29. The minimum Gasteiger partial charge on any atom is -0.479 e. The maximum atomic E-state index is 13.9. The first-order chi connectivity index (χ1) is 9.33. The van der Waals surface area contributed by atoms with Crippen LogP contribution >= 0.6 is 23.2 Å². The van der Waals surface area contributed by atoms with Crippen LogP contribution in [-0.2, 0) is 16.0 Å². The van der Waals surface area contributed by atoms with Gasteiger partial charge in [-0.2, -0.15) is 0 Å². The van der Waals surface area contributed by atoms with Crippen LogP contribution in [0, 0.1) is 0 Å². The first kappa shape index (κ1) is 15.1. The van der Waals surface area contributed by atoms with E-state index in [2.05, 4.69) is 0 Å². The number of likely N-dealkylation sites (tertiary alicyclic amines) is 1. The van der Waals surface area contributed by atoms with Gasteiger partial charge in [-0.3, -0.25) is 4.79 Å². The topological polar surface area (TPSA) is 57.6 Å². The number of hydrogen-bond acceptors (Lipinski definition) is 2. The van der Waals surface area contributed by atoms with Crippen LogP contribution in [0.15, 0.2) is 18.2 Å². The molecule has 1 saturated heterocycles. The fourth-order valence-corrected chi connectivity index (χ4v) is 2.66. The Kier molecular flexibility index (Phi) is 4.20. The molecule has 1 fully saturated rings. The summed E-state index contributed by atoms with van der Waals surface area (Å²) in [7, 11) is 0. The van der Waals surface area contributed by atoms with Crippen molar-refractivity contribution in [3.8, 4) is 0 Å². The van der Waals surface area contributed by atoms with Gasteiger partial charge < -0.3 is 10.0 Å². The highest BCUT2D eigenvalue weighted by atomic mass is 35.5. The van der Waals surface area contributed by atoms with Crippen LogP contribution in [0.5, 0.6) is 0 Å². The number of benzene rings is 1. The van der Waals surface area contributed by atoms with Crippen molar-refractivity contribution in [2.75, 3.05) is 13.1 Å². The van der Waals surface area contributed by atoms with E-state index in [9.17, 15) is 14.0 Å². The van der Waals surface area contributed by atoms with Crippen LogP contribution in [-0.4, -0.2) is 40.6 Å². The number of rotatable bonds is 3. The normalized spacial score (nSPS) is 22.1. The number of carboxylic acids is 1. The third-order valence-electron chi connectivity index (χ3n) is 3.35. The molecule has 1 unspecified atom stereocenters. The number of carboxylic acid groups (broad SMARTS) is 1. The molecule has 0 aliphatic carbocycles. The molecule has 1 aliphatic heterocycles. The summed E-state index contributed by atoms with van der Waals surface area (Å²) in [6.07, 6.45) is -0.279. The van der Waals surface area contributed by atoms with Crippen molar-refractivity contribution < 1.29 is 19.1 Å². The van der Waals surface area contributed by atoms with Crippen LogP contribution in [0.25, 0.3) is 0 Å². The third-order valence-corrected chi connectivity index (χ3v) is 4.05. The Labute approximate surface area is 125 Å². The Morgan fingerprint density at radius 2 is 1.95 bits per heavy atom. The molecule has 7 heteroatoms. The fourth-order valence-electron chi connectivity index (χ4n) is 2.12. The molecule has 1 amide bonds. The van der Waals surface area contributed by atoms with E-state index in [1.165, 1.54) is 4.90 Å². The molecule has 0 aromatic heterocycles. The van der Waals surface area contributed by atoms with E-state index in [0.29, 0.717) is 15.6 Å². The molecule has 1 atom stereocenters. The molecule has 2 rings (SSSR count). The van der Waals surface area contributed by atoms with E-state index in [0.717, 1.165) is 0 Å². The summed E-state index contributed by atoms with van der Waals surface area (Å²) < 4.78 is 13.9. The zero-order valence-electron chi connectivity index (χ0n) is 10.4. The Hall–Kier alpha value is -1.33. The van der Waals surface area contributed by atoms with E-state index in [1.807, 2.05) is 0 Å². The molecule has 20 heavy (non-hydrogen) atoms. The van der Waals surface area contributed by atoms with Gasteiger partial charge in [0.1, 0.15) is 0 Å². The fraction of sp³-hybridized carbons (Fsp3) is 0.385. The second-order valence-corrected chi connectivity index (χ2v) is 5.53. The summed E-state index contributed by atoms with van der Waals surface area (Å²) in [5.41, 5.74) is -1.90. The van der Waals surface area contributed by atoms with E-state index in [1.54, 1.807) is 18.2 Å². The maximum absolute atomic E-state index is 13.9. The largest absolute Gasteiger partial charge is 0.479 e. The molecule has 1 aromatic rings. The van der Waals surface area contributed by atoms with Crippen molar-refractivity contribution >= 4 is 35.1 Å². The Balaban J connectivity index is 2.09. The molecule has 1 N–H and O–H groups in total. The Morgan fingerprint density at radius 3 is 2.45 bits per heavy atom. The van der Waals surface area contributed by atoms with Gasteiger partial charge in [0.25, 0.3) is 0 Å². The second kappa shape index (κ2) is 5.58. The lowest BCUT2D eigenvalue weighted by Gasteiger charge is -2.18. The standard InChI is InChI=1S/C13H12Cl2FNO3/c14-9-2-1-3-10(15)8(9)6-11(18)17-5-4-13(16,7-17)12(19)20/h1-3H,4-7H2,(H,19,20). The first-order valence-corrected chi connectivity index (χ1v) is 6.72. The van der Waals surface area contributed by atoms with Crippen LogP contribution in [0.4, 0.5) is 4.39 Å². The van der Waals surface area contributed by atoms with Crippen molar-refractivity contribution in [2.45, 2.75) is 18.5 Å². The highest BCUT2D eigenvalue weighted by Gasteiger charge is 2.46. The molecule has 4 nitrogen and oxygen atoms in total. The molecule has 1 aliphatic rings. The maximum Gasteiger partial charge on any atom is 0.343 e. The first-order valence-electron chi connectivity index (χ1n) is 5.96. The summed E-state index contributed by atoms with van der Waals surface area (Å²) in [6.45, 7) is -0.368. The van der Waals surface area contributed by atoms with Gasteiger partial charge in [0.05, 0.1) is 13.0 Å². The summed E-state index contributed by atoms with van der Waals surface area (Å²) >= 11 is 11.9. The van der Waals surface area contributed by atoms with Crippen molar-refractivity contribution in [1.29, 1.82) is 0 Å². The molecule has 0 radical (unpaired) electrons. The van der Waals surface area contributed by atoms with Gasteiger partial charge in [0, 0.05) is 23.0 Å². The molecular formula is C13H12Cl2FNO3. The van der Waals surface area contributed by atoms with E-state index < -0.39 is 18.2 Å². The number of nitrogens with zero attached hydrogens (tertiary/aromatic N) is 1. The van der Waals surface area contributed by atoms with Gasteiger partial charge in [-0.1, -0.05) is 29.3 Å². The Morgan fingerprint density at radius 1 is 1.35 bits per heavy atom. The lowest BCUT2D eigenvalue weighted by Crippen LogP contribution is -2.39. The van der Waals surface area contributed by atoms with Gasteiger partial charge in [-0.25, -0.2) is 9.18 Å². The van der Waals surface area contributed by atoms with Gasteiger partial charge in [-0.15, -0.1) is 0 Å². The number of alkyl halides is 1. The lowest BCUT2D eigenvalue weighted by atomic mass is 10.1. The number of amides is 1. The minimum absolute atomic E-state index is 0.0731. The highest BCUT2D eigenvalue weighted by molar-refractivity contribution is 6.36. The number of carbonyl (C=O) groups excluding carboxylic acids is 1. The molecule has 108 valence electrons. The number of aliphatic carboxylic acids is 1. The minimum atomic E-state index is -2.36. The third kappa shape index (κ3) is 2.88. The zero-order chi connectivity index (χ0) is 14.9. The van der Waals surface area contributed by atoms with Gasteiger partial charge in [0.2, 0.25) is 11.6 Å². The van der Waals surface area contributed by atoms with Crippen molar-refractivity contribution in [1.82, 2.24) is 4.90 Å². The number of carbonyl (C=O) groups is 2. The van der Waals surface area contributed by atoms with Gasteiger partial charge >= 0.3 is 5.97 Å². The van der Waals surface area contributed by atoms with Crippen molar-refractivity contribution in [3.05, 3.63) is 33.8 Å². The molecular weight excluding hydrogens is 308 g/mol. The van der Waals surface area contributed by atoms with E-state index >= 15 is 0 Å². The predicted octanol–water partition coefficient (Wildman–Crippen LogP) is 2.56. The van der Waals surface area contributed by atoms with Crippen molar-refractivity contribution in [3.63, 3.8) is 0 Å². The average molecular weight is 320 g/mol. The van der Waals surface area contributed by atoms with Crippen molar-refractivity contribution in [2.24, 2.45) is 0 Å². The summed E-state index contributed by atoms with van der Waals surface area (Å²) in [6, 6.07) is 4.87. The monoisotopic (exact) mass is 319 g/mol. The van der Waals surface area contributed by atoms with E-state index in [-0.39, 0.29) is 25.3 Å². The summed E-state index contributed by atoms with van der Waals surface area (Å²) in [5.74, 6) is -1.93. The number of halogens is 3. The predicted molar refractivity (Wildman–Crippen MR) is 72.8 cm³/mol. The van der Waals surface area contributed by atoms with E-state index in [4.69, 9.17) is 28.3 Å². The average Bonchev–Trinajstić information content (AvgIpc) is 2.78. The van der Waals surface area contributed by atoms with Crippen LogP contribution in [0.2, 0.25) is 10.0 Å². The second-order valence-electron chi connectivity index (χ2n) is 4.71. The molecule has 0 bridgehead atoms. The van der Waals surface area contributed by atoms with Gasteiger partial charge in [-0.05, 0) is 17.7 Å². The molecule has 0 spiro atoms. The molecule has 1 heterocycles. The summed E-state index contributed by atoms with van der Waals surface area (Å²) in [4.78, 5) is 24.1. The quantitative estimate of drug-likeness (QED) is 0.931. The molecule has 0 saturated carbocycles. The lowest BCUT2D eigenvalue weighted by molar-refractivity contribution is -0.150. The number of hydrogen-bond donors (Lipinski definition) is 1. The van der Waals surface area contributed by atoms with Crippen LogP contribution in [0.3, 0.4) is 0 Å². The summed E-state index contributed by atoms with van der Waals surface area (Å²) in [5, 5.41) is 9.51.